The van der Waals surface area contributed by atoms with Crippen LogP contribution in [0.15, 0.2) is 84.0 Å². The summed E-state index contributed by atoms with van der Waals surface area (Å²) in [5.41, 5.74) is 3.94. The predicted octanol–water partition coefficient (Wildman–Crippen LogP) is 5.59. The van der Waals surface area contributed by atoms with Crippen molar-refractivity contribution >= 4 is 17.4 Å². The summed E-state index contributed by atoms with van der Waals surface area (Å²) in [6, 6.07) is 18.2. The second-order valence-electron chi connectivity index (χ2n) is 10.3. The summed E-state index contributed by atoms with van der Waals surface area (Å²) >= 11 is 0. The Morgan fingerprint density at radius 3 is 2.61 bits per heavy atom. The zero-order valence-electron chi connectivity index (χ0n) is 21.1. The summed E-state index contributed by atoms with van der Waals surface area (Å²) in [6.07, 6.45) is 11.4. The first-order valence-electron chi connectivity index (χ1n) is 12.9. The zero-order valence-corrected chi connectivity index (χ0v) is 21.1. The maximum Gasteiger partial charge on any atom is 0.255 e. The summed E-state index contributed by atoms with van der Waals surface area (Å²) in [5.74, 6) is 0.545. The van der Waals surface area contributed by atoms with Gasteiger partial charge >= 0.3 is 0 Å². The Balaban J connectivity index is 1.53. The van der Waals surface area contributed by atoms with Gasteiger partial charge in [-0.15, -0.1) is 0 Å². The van der Waals surface area contributed by atoms with Crippen molar-refractivity contribution in [2.24, 2.45) is 0 Å². The van der Waals surface area contributed by atoms with Crippen LogP contribution < -0.4 is 10.1 Å². The van der Waals surface area contributed by atoms with Crippen molar-refractivity contribution in [1.29, 1.82) is 0 Å². The number of amides is 2. The minimum atomic E-state index is -1.01. The highest BCUT2D eigenvalue weighted by atomic mass is 16.5. The Kier molecular flexibility index (Phi) is 6.82. The number of fused-ring (bicyclic) bond motifs is 1. The van der Waals surface area contributed by atoms with Gasteiger partial charge < -0.3 is 15.0 Å². The smallest absolute Gasteiger partial charge is 0.255 e. The van der Waals surface area contributed by atoms with Crippen molar-refractivity contribution < 1.29 is 14.3 Å². The van der Waals surface area contributed by atoms with Crippen LogP contribution in [-0.2, 0) is 16.1 Å². The summed E-state index contributed by atoms with van der Waals surface area (Å²) in [6.45, 7) is 2.26. The quantitative estimate of drug-likeness (QED) is 0.584. The van der Waals surface area contributed by atoms with Gasteiger partial charge in [-0.1, -0.05) is 67.0 Å². The van der Waals surface area contributed by atoms with Gasteiger partial charge in [0.1, 0.15) is 11.3 Å². The van der Waals surface area contributed by atoms with Crippen molar-refractivity contribution in [3.05, 3.63) is 95.1 Å². The first kappa shape index (κ1) is 24.1. The van der Waals surface area contributed by atoms with E-state index >= 15 is 0 Å². The van der Waals surface area contributed by atoms with Gasteiger partial charge in [0.05, 0.1) is 7.11 Å². The Labute approximate surface area is 213 Å². The van der Waals surface area contributed by atoms with Crippen molar-refractivity contribution in [2.45, 2.75) is 63.6 Å². The van der Waals surface area contributed by atoms with E-state index in [1.54, 1.807) is 12.0 Å². The fourth-order valence-electron chi connectivity index (χ4n) is 5.64. The summed E-state index contributed by atoms with van der Waals surface area (Å²) < 4.78 is 5.41. The van der Waals surface area contributed by atoms with Crippen molar-refractivity contribution in [2.75, 3.05) is 7.11 Å². The molecule has 0 radical (unpaired) electrons. The maximum atomic E-state index is 14.0. The SMILES string of the molecule is COc1cccc(CN2C(=O)C3=CC=C(c4ccccc4)CC(=C3)CC2(C)C(=O)NC2CCCC2)c1. The van der Waals surface area contributed by atoms with E-state index in [2.05, 4.69) is 23.5 Å². The molecule has 0 spiro atoms. The topological polar surface area (TPSA) is 58.6 Å². The van der Waals surface area contributed by atoms with E-state index < -0.39 is 5.54 Å². The van der Waals surface area contributed by atoms with Gasteiger partial charge in [-0.3, -0.25) is 9.59 Å². The first-order chi connectivity index (χ1) is 17.5. The molecule has 2 aromatic carbocycles. The largest absolute Gasteiger partial charge is 0.497 e. The van der Waals surface area contributed by atoms with Crippen LogP contribution >= 0.6 is 0 Å². The molecule has 5 nitrogen and oxygen atoms in total. The van der Waals surface area contributed by atoms with E-state index in [0.29, 0.717) is 25.0 Å². The molecule has 1 saturated carbocycles. The third-order valence-corrected chi connectivity index (χ3v) is 7.70. The zero-order chi connectivity index (χ0) is 25.1. The van der Waals surface area contributed by atoms with Crippen LogP contribution in [0, 0.1) is 0 Å². The number of allylic oxidation sites excluding steroid dienone is 3. The Morgan fingerprint density at radius 2 is 1.86 bits per heavy atom. The van der Waals surface area contributed by atoms with Gasteiger partial charge in [-0.25, -0.2) is 0 Å². The molecule has 1 heterocycles. The monoisotopic (exact) mass is 482 g/mol. The highest BCUT2D eigenvalue weighted by Crippen LogP contribution is 2.38. The maximum absolute atomic E-state index is 14.0. The molecule has 2 aliphatic carbocycles. The number of nitrogens with one attached hydrogen (secondary N) is 1. The molecule has 2 bridgehead atoms. The molecular formula is C31H34N2O3. The highest BCUT2D eigenvalue weighted by molar-refractivity contribution is 6.02. The molecule has 2 amide bonds. The first-order valence-corrected chi connectivity index (χ1v) is 12.9. The van der Waals surface area contributed by atoms with E-state index in [1.165, 1.54) is 0 Å². The summed E-state index contributed by atoms with van der Waals surface area (Å²) in [4.78, 5) is 29.7. The molecule has 1 fully saturated rings. The number of hydrogen-bond donors (Lipinski definition) is 1. The van der Waals surface area contributed by atoms with Crippen LogP contribution in [0.5, 0.6) is 5.75 Å². The lowest BCUT2D eigenvalue weighted by molar-refractivity contribution is -0.145. The summed E-state index contributed by atoms with van der Waals surface area (Å²) in [7, 11) is 1.63. The molecule has 186 valence electrons. The van der Waals surface area contributed by atoms with E-state index in [1.807, 2.05) is 61.5 Å². The standard InChI is InChI=1S/C31H34N2O3/c1-31(30(35)32-27-12-6-7-13-27)20-23-17-25(24-10-4-3-5-11-24)15-16-26(18-23)29(34)33(31)21-22-9-8-14-28(19-22)36-2/h3-5,8-11,14-16,18-19,27H,6-7,12-13,17,20-21H2,1-2H3,(H,32,35). The second kappa shape index (κ2) is 10.2. The number of methoxy groups -OCH3 is 1. The molecule has 1 atom stereocenters. The van der Waals surface area contributed by atoms with Crippen molar-refractivity contribution in [3.8, 4) is 5.75 Å². The van der Waals surface area contributed by atoms with Crippen LogP contribution in [0.25, 0.3) is 5.57 Å². The Bertz CT molecular complexity index is 1240. The predicted molar refractivity (Wildman–Crippen MR) is 142 cm³/mol. The van der Waals surface area contributed by atoms with E-state index in [9.17, 15) is 9.59 Å². The van der Waals surface area contributed by atoms with Crippen molar-refractivity contribution in [3.63, 3.8) is 0 Å². The van der Waals surface area contributed by atoms with Crippen LogP contribution in [0.1, 0.15) is 56.6 Å². The van der Waals surface area contributed by atoms with Crippen LogP contribution in [0.4, 0.5) is 0 Å². The number of rotatable bonds is 6. The minimum Gasteiger partial charge on any atom is -0.497 e. The summed E-state index contributed by atoms with van der Waals surface area (Å²) in [5, 5.41) is 3.30. The number of hydrogen-bond acceptors (Lipinski definition) is 3. The van der Waals surface area contributed by atoms with Crippen molar-refractivity contribution in [1.82, 2.24) is 10.2 Å². The molecule has 1 N–H and O–H groups in total. The van der Waals surface area contributed by atoms with Gasteiger partial charge in [0.15, 0.2) is 0 Å². The van der Waals surface area contributed by atoms with Gasteiger partial charge in [0.25, 0.3) is 5.91 Å². The molecule has 5 rings (SSSR count). The molecular weight excluding hydrogens is 448 g/mol. The van der Waals surface area contributed by atoms with E-state index in [-0.39, 0.29) is 17.9 Å². The van der Waals surface area contributed by atoms with E-state index in [4.69, 9.17) is 4.74 Å². The second-order valence-corrected chi connectivity index (χ2v) is 10.3. The van der Waals surface area contributed by atoms with Gasteiger partial charge in [0.2, 0.25) is 5.91 Å². The molecule has 1 aliphatic heterocycles. The molecule has 0 aromatic heterocycles. The molecule has 36 heavy (non-hydrogen) atoms. The molecule has 3 aliphatic rings. The number of benzene rings is 2. The molecule has 5 heteroatoms. The fraction of sp³-hybridized carbons (Fsp3) is 0.355. The molecule has 2 aromatic rings. The third kappa shape index (κ3) is 4.88. The molecule has 1 unspecified atom stereocenters. The minimum absolute atomic E-state index is 0.0661. The van der Waals surface area contributed by atoms with Gasteiger partial charge in [-0.2, -0.15) is 0 Å². The van der Waals surface area contributed by atoms with E-state index in [0.717, 1.165) is 53.7 Å². The average molecular weight is 483 g/mol. The number of ether oxygens (including phenoxy) is 1. The number of carbonyl (C=O) groups is 2. The van der Waals surface area contributed by atoms with Crippen LogP contribution in [-0.4, -0.2) is 35.4 Å². The normalized spacial score (nSPS) is 22.2. The fourth-order valence-corrected chi connectivity index (χ4v) is 5.64. The van der Waals surface area contributed by atoms with Gasteiger partial charge in [-0.05, 0) is 67.2 Å². The molecule has 0 saturated heterocycles. The Morgan fingerprint density at radius 1 is 1.08 bits per heavy atom. The lowest BCUT2D eigenvalue weighted by atomic mass is 9.86. The lowest BCUT2D eigenvalue weighted by Gasteiger charge is -2.40. The average Bonchev–Trinajstić information content (AvgIpc) is 3.28. The number of nitrogens with zero attached hydrogens (tertiary/aromatic N) is 1. The lowest BCUT2D eigenvalue weighted by Crippen LogP contribution is -2.59. The Hall–Kier alpha value is -3.60. The van der Waals surface area contributed by atoms with Crippen LogP contribution in [0.2, 0.25) is 0 Å². The van der Waals surface area contributed by atoms with Gasteiger partial charge in [0, 0.05) is 24.6 Å². The third-order valence-electron chi connectivity index (χ3n) is 7.70. The number of carbonyl (C=O) groups excluding carboxylic acids is 2. The van der Waals surface area contributed by atoms with Crippen LogP contribution in [0.3, 0.4) is 0 Å². The highest BCUT2D eigenvalue weighted by Gasteiger charge is 2.46.